The summed E-state index contributed by atoms with van der Waals surface area (Å²) in [5.74, 6) is -1.37. The van der Waals surface area contributed by atoms with Crippen molar-refractivity contribution in [1.82, 2.24) is 0 Å². The monoisotopic (exact) mass is 274 g/mol. The quantitative estimate of drug-likeness (QED) is 0.545. The molecule has 0 aliphatic heterocycles. The molecule has 19 heavy (non-hydrogen) atoms. The van der Waals surface area contributed by atoms with Gasteiger partial charge in [-0.2, -0.15) is 0 Å². The summed E-state index contributed by atoms with van der Waals surface area (Å²) < 4.78 is 0. The molecule has 2 N–H and O–H groups in total. The minimum atomic E-state index is -0.711. The number of rotatable bonds is 11. The minimum Gasteiger partial charge on any atom is -0.481 e. The molecule has 0 spiro atoms. The molecule has 114 valence electrons. The zero-order valence-corrected chi connectivity index (χ0v) is 12.5. The van der Waals surface area contributed by atoms with Crippen LogP contribution in [-0.2, 0) is 9.59 Å². The lowest BCUT2D eigenvalue weighted by Gasteiger charge is -1.99. The summed E-state index contributed by atoms with van der Waals surface area (Å²) in [6.07, 6.45) is 11.1. The molecule has 0 rings (SSSR count). The van der Waals surface area contributed by atoms with E-state index in [4.69, 9.17) is 10.2 Å². The Hall–Kier alpha value is -1.06. The van der Waals surface area contributed by atoms with Crippen molar-refractivity contribution in [3.63, 3.8) is 0 Å². The summed E-state index contributed by atoms with van der Waals surface area (Å²) >= 11 is 0. The van der Waals surface area contributed by atoms with Gasteiger partial charge >= 0.3 is 11.9 Å². The first-order valence-electron chi connectivity index (χ1n) is 7.48. The molecule has 0 aromatic heterocycles. The molecule has 4 nitrogen and oxygen atoms in total. The second-order valence-electron chi connectivity index (χ2n) is 4.76. The van der Waals surface area contributed by atoms with Crippen molar-refractivity contribution >= 4 is 11.9 Å². The summed E-state index contributed by atoms with van der Waals surface area (Å²) in [5, 5.41) is 16.3. The Bertz CT molecular complexity index is 214. The van der Waals surface area contributed by atoms with E-state index in [-0.39, 0.29) is 0 Å². The van der Waals surface area contributed by atoms with Crippen LogP contribution in [-0.4, -0.2) is 22.2 Å². The summed E-state index contributed by atoms with van der Waals surface area (Å²) in [4.78, 5) is 19.8. The molecule has 0 atom stereocenters. The molecule has 0 aromatic carbocycles. The van der Waals surface area contributed by atoms with Crippen LogP contribution in [0.1, 0.15) is 84.5 Å². The standard InChI is InChI=1S/C11H22O2.C4H8O2/c1-2-3-4-5-6-7-8-9-10-11(12)13;1-2-3-4(5)6/h2-10H2,1H3,(H,12,13);2-3H2,1H3,(H,5,6). The number of carbonyl (C=O) groups is 2. The largest absolute Gasteiger partial charge is 0.481 e. The molecule has 0 saturated heterocycles. The van der Waals surface area contributed by atoms with Gasteiger partial charge in [0.15, 0.2) is 0 Å². The van der Waals surface area contributed by atoms with Gasteiger partial charge in [0.2, 0.25) is 0 Å². The van der Waals surface area contributed by atoms with E-state index in [9.17, 15) is 9.59 Å². The highest BCUT2D eigenvalue weighted by atomic mass is 16.4. The van der Waals surface area contributed by atoms with Crippen LogP contribution in [0.3, 0.4) is 0 Å². The summed E-state index contributed by atoms with van der Waals surface area (Å²) in [6, 6.07) is 0. The highest BCUT2D eigenvalue weighted by Crippen LogP contribution is 2.09. The normalized spacial score (nSPS) is 9.58. The van der Waals surface area contributed by atoms with Gasteiger partial charge in [-0.25, -0.2) is 0 Å². The van der Waals surface area contributed by atoms with Gasteiger partial charge in [0.25, 0.3) is 0 Å². The van der Waals surface area contributed by atoms with E-state index in [0.29, 0.717) is 12.8 Å². The van der Waals surface area contributed by atoms with Crippen molar-refractivity contribution in [2.24, 2.45) is 0 Å². The number of hydrogen-bond donors (Lipinski definition) is 2. The lowest BCUT2D eigenvalue weighted by Crippen LogP contribution is -1.93. The smallest absolute Gasteiger partial charge is 0.303 e. The Morgan fingerprint density at radius 1 is 0.632 bits per heavy atom. The number of aliphatic carboxylic acids is 2. The second-order valence-corrected chi connectivity index (χ2v) is 4.76. The summed E-state index contributed by atoms with van der Waals surface area (Å²) in [6.45, 7) is 4.06. The van der Waals surface area contributed by atoms with Gasteiger partial charge in [0, 0.05) is 12.8 Å². The molecule has 4 heteroatoms. The van der Waals surface area contributed by atoms with Crippen molar-refractivity contribution in [2.75, 3.05) is 0 Å². The zero-order valence-electron chi connectivity index (χ0n) is 12.5. The third-order valence-electron chi connectivity index (χ3n) is 2.71. The van der Waals surface area contributed by atoms with Crippen molar-refractivity contribution in [3.8, 4) is 0 Å². The number of carboxylic acid groups (broad SMARTS) is 2. The zero-order chi connectivity index (χ0) is 14.9. The highest BCUT2D eigenvalue weighted by molar-refractivity contribution is 5.66. The number of carboxylic acids is 2. The highest BCUT2D eigenvalue weighted by Gasteiger charge is 1.96. The van der Waals surface area contributed by atoms with Crippen molar-refractivity contribution < 1.29 is 19.8 Å². The van der Waals surface area contributed by atoms with Gasteiger partial charge in [0.1, 0.15) is 0 Å². The Kier molecular flexibility index (Phi) is 18.1. The van der Waals surface area contributed by atoms with Crippen LogP contribution < -0.4 is 0 Å². The lowest BCUT2D eigenvalue weighted by molar-refractivity contribution is -0.138. The maximum absolute atomic E-state index is 10.2. The van der Waals surface area contributed by atoms with Crippen LogP contribution in [0, 0.1) is 0 Å². The molecule has 0 aliphatic carbocycles. The molecule has 0 radical (unpaired) electrons. The van der Waals surface area contributed by atoms with Crippen LogP contribution in [0.25, 0.3) is 0 Å². The van der Waals surface area contributed by atoms with Crippen LogP contribution >= 0.6 is 0 Å². The molecular weight excluding hydrogens is 244 g/mol. The number of unbranched alkanes of at least 4 members (excludes halogenated alkanes) is 7. The first-order valence-corrected chi connectivity index (χ1v) is 7.48. The Morgan fingerprint density at radius 2 is 1.05 bits per heavy atom. The van der Waals surface area contributed by atoms with Gasteiger partial charge in [-0.15, -0.1) is 0 Å². The van der Waals surface area contributed by atoms with Crippen LogP contribution in [0.4, 0.5) is 0 Å². The summed E-state index contributed by atoms with van der Waals surface area (Å²) in [5.41, 5.74) is 0. The fraction of sp³-hybridized carbons (Fsp3) is 0.867. The predicted molar refractivity (Wildman–Crippen MR) is 77.4 cm³/mol. The molecule has 0 saturated carbocycles. The van der Waals surface area contributed by atoms with Gasteiger partial charge < -0.3 is 10.2 Å². The fourth-order valence-electron chi connectivity index (χ4n) is 1.62. The third-order valence-corrected chi connectivity index (χ3v) is 2.71. The molecule has 0 amide bonds. The van der Waals surface area contributed by atoms with Crippen molar-refractivity contribution in [3.05, 3.63) is 0 Å². The average molecular weight is 274 g/mol. The van der Waals surface area contributed by atoms with Crippen LogP contribution in [0.2, 0.25) is 0 Å². The average Bonchev–Trinajstić information content (AvgIpc) is 2.33. The van der Waals surface area contributed by atoms with Crippen LogP contribution in [0.5, 0.6) is 0 Å². The third kappa shape index (κ3) is 26.5. The fourth-order valence-corrected chi connectivity index (χ4v) is 1.62. The SMILES string of the molecule is CCCC(=O)O.CCCCCCCCCCC(=O)O. The van der Waals surface area contributed by atoms with E-state index in [1.165, 1.54) is 38.5 Å². The molecule has 0 bridgehead atoms. The van der Waals surface area contributed by atoms with E-state index in [0.717, 1.165) is 19.3 Å². The van der Waals surface area contributed by atoms with E-state index < -0.39 is 11.9 Å². The van der Waals surface area contributed by atoms with Crippen molar-refractivity contribution in [2.45, 2.75) is 84.5 Å². The van der Waals surface area contributed by atoms with Crippen molar-refractivity contribution in [1.29, 1.82) is 0 Å². The Balaban J connectivity index is 0. The van der Waals surface area contributed by atoms with Gasteiger partial charge in [-0.1, -0.05) is 58.8 Å². The topological polar surface area (TPSA) is 74.6 Å². The first kappa shape index (κ1) is 20.3. The van der Waals surface area contributed by atoms with Gasteiger partial charge in [-0.3, -0.25) is 9.59 Å². The Morgan fingerprint density at radius 3 is 1.37 bits per heavy atom. The van der Waals surface area contributed by atoms with E-state index >= 15 is 0 Å². The maximum atomic E-state index is 10.2. The Labute approximate surface area is 117 Å². The second kappa shape index (κ2) is 16.9. The van der Waals surface area contributed by atoms with Gasteiger partial charge in [0.05, 0.1) is 0 Å². The molecule has 0 heterocycles. The maximum Gasteiger partial charge on any atom is 0.303 e. The van der Waals surface area contributed by atoms with E-state index in [2.05, 4.69) is 6.92 Å². The van der Waals surface area contributed by atoms with Gasteiger partial charge in [-0.05, 0) is 12.8 Å². The molecule has 0 unspecified atom stereocenters. The number of hydrogen-bond acceptors (Lipinski definition) is 2. The summed E-state index contributed by atoms with van der Waals surface area (Å²) in [7, 11) is 0. The predicted octanol–water partition coefficient (Wildman–Crippen LogP) is 4.47. The van der Waals surface area contributed by atoms with E-state index in [1.807, 2.05) is 6.92 Å². The molecular formula is C15H30O4. The molecule has 0 aliphatic rings. The minimum absolute atomic E-state index is 0.292. The molecule has 0 aromatic rings. The molecule has 0 fully saturated rings. The van der Waals surface area contributed by atoms with Crippen LogP contribution in [0.15, 0.2) is 0 Å². The lowest BCUT2D eigenvalue weighted by atomic mass is 10.1. The first-order chi connectivity index (χ1) is 9.04. The van der Waals surface area contributed by atoms with E-state index in [1.54, 1.807) is 0 Å².